The normalized spacial score (nSPS) is 8.88. The van der Waals surface area contributed by atoms with Gasteiger partial charge in [-0.2, -0.15) is 0 Å². The van der Waals surface area contributed by atoms with E-state index in [1.165, 1.54) is 26.4 Å². The lowest BCUT2D eigenvalue weighted by Crippen LogP contribution is -2.07. The molecule has 0 N–H and O–H groups in total. The molecule has 0 atom stereocenters. The summed E-state index contributed by atoms with van der Waals surface area (Å²) in [4.78, 5) is 31.5. The quantitative estimate of drug-likeness (QED) is 0.276. The summed E-state index contributed by atoms with van der Waals surface area (Å²) in [5.41, 5.74) is 1.25. The maximum Gasteiger partial charge on any atom is 0.339 e. The molecule has 0 radical (unpaired) electrons. The molecule has 7 heteroatoms. The van der Waals surface area contributed by atoms with Gasteiger partial charge in [-0.3, -0.25) is 14.9 Å². The molecule has 0 saturated carbocycles. The molecule has 0 bridgehead atoms. The third-order valence-corrected chi connectivity index (χ3v) is 3.07. The van der Waals surface area contributed by atoms with Crippen molar-refractivity contribution in [2.75, 3.05) is 14.2 Å². The molecule has 2 aromatic rings. The lowest BCUT2D eigenvalue weighted by atomic mass is 10.0. The Labute approximate surface area is 150 Å². The second-order valence-corrected chi connectivity index (χ2v) is 4.90. The molecule has 7 nitrogen and oxygen atoms in total. The molecule has 0 aromatic heterocycles. The SMILES string of the molecule is COC(=O)c1cc(C)cc([N+](=O)[O-])c1C#Cc1ccccc1.COC=O. The van der Waals surface area contributed by atoms with Gasteiger partial charge in [0.25, 0.3) is 12.2 Å². The molecule has 134 valence electrons. The van der Waals surface area contributed by atoms with E-state index in [4.69, 9.17) is 4.79 Å². The summed E-state index contributed by atoms with van der Waals surface area (Å²) in [6.07, 6.45) is 0. The van der Waals surface area contributed by atoms with Gasteiger partial charge in [-0.1, -0.05) is 30.0 Å². The third kappa shape index (κ3) is 5.76. The van der Waals surface area contributed by atoms with Crippen LogP contribution in [0, 0.1) is 28.9 Å². The Kier molecular flexibility index (Phi) is 8.04. The summed E-state index contributed by atoms with van der Waals surface area (Å²) < 4.78 is 8.55. The number of nitro groups is 1. The van der Waals surface area contributed by atoms with Gasteiger partial charge in [0.1, 0.15) is 5.56 Å². The van der Waals surface area contributed by atoms with Crippen molar-refractivity contribution in [3.63, 3.8) is 0 Å². The van der Waals surface area contributed by atoms with Crippen LogP contribution in [0.1, 0.15) is 27.0 Å². The molecule has 2 rings (SSSR count). The van der Waals surface area contributed by atoms with Gasteiger partial charge in [-0.15, -0.1) is 0 Å². The van der Waals surface area contributed by atoms with Crippen LogP contribution >= 0.6 is 0 Å². The molecule has 0 amide bonds. The Hall–Kier alpha value is -3.66. The van der Waals surface area contributed by atoms with Crippen molar-refractivity contribution in [3.8, 4) is 11.8 Å². The number of carbonyl (C=O) groups excluding carboxylic acids is 2. The number of ether oxygens (including phenoxy) is 2. The Morgan fingerprint density at radius 2 is 1.77 bits per heavy atom. The Morgan fingerprint density at radius 1 is 1.15 bits per heavy atom. The first-order valence-electron chi connectivity index (χ1n) is 7.35. The maximum atomic E-state index is 11.9. The summed E-state index contributed by atoms with van der Waals surface area (Å²) in [5.74, 6) is 4.91. The van der Waals surface area contributed by atoms with Crippen LogP contribution in [-0.2, 0) is 14.3 Å². The van der Waals surface area contributed by atoms with Gasteiger partial charge in [-0.05, 0) is 30.7 Å². The first-order chi connectivity index (χ1) is 12.4. The molecule has 0 heterocycles. The van der Waals surface area contributed by atoms with Crippen LogP contribution in [0.3, 0.4) is 0 Å². The van der Waals surface area contributed by atoms with E-state index >= 15 is 0 Å². The lowest BCUT2D eigenvalue weighted by Gasteiger charge is -2.05. The predicted molar refractivity (Wildman–Crippen MR) is 94.7 cm³/mol. The fourth-order valence-corrected chi connectivity index (χ4v) is 1.97. The van der Waals surface area contributed by atoms with Crippen molar-refractivity contribution in [2.24, 2.45) is 0 Å². The van der Waals surface area contributed by atoms with Gasteiger partial charge in [0.15, 0.2) is 0 Å². The molecule has 26 heavy (non-hydrogen) atoms. The highest BCUT2D eigenvalue weighted by atomic mass is 16.6. The molecule has 2 aromatic carbocycles. The van der Waals surface area contributed by atoms with Gasteiger partial charge >= 0.3 is 5.97 Å². The largest absolute Gasteiger partial charge is 0.471 e. The Balaban J connectivity index is 0.000000765. The van der Waals surface area contributed by atoms with E-state index in [0.717, 1.165) is 0 Å². The second-order valence-electron chi connectivity index (χ2n) is 4.90. The van der Waals surface area contributed by atoms with Crippen LogP contribution in [0.2, 0.25) is 0 Å². The molecule has 0 aliphatic carbocycles. The van der Waals surface area contributed by atoms with Crippen molar-refractivity contribution in [1.82, 2.24) is 0 Å². The van der Waals surface area contributed by atoms with Crippen molar-refractivity contribution in [3.05, 3.63) is 74.8 Å². The van der Waals surface area contributed by atoms with E-state index in [2.05, 4.69) is 21.3 Å². The first kappa shape index (κ1) is 20.4. The summed E-state index contributed by atoms with van der Waals surface area (Å²) in [6, 6.07) is 12.0. The number of hydrogen-bond donors (Lipinski definition) is 0. The van der Waals surface area contributed by atoms with Crippen molar-refractivity contribution >= 4 is 18.1 Å². The zero-order chi connectivity index (χ0) is 19.5. The number of esters is 1. The number of carbonyl (C=O) groups is 2. The fourth-order valence-electron chi connectivity index (χ4n) is 1.97. The zero-order valence-electron chi connectivity index (χ0n) is 14.5. The number of hydrogen-bond acceptors (Lipinski definition) is 6. The summed E-state index contributed by atoms with van der Waals surface area (Å²) in [6.45, 7) is 2.05. The second kappa shape index (κ2) is 10.3. The fraction of sp³-hybridized carbons (Fsp3) is 0.158. The third-order valence-electron chi connectivity index (χ3n) is 3.07. The molecule has 0 aliphatic rings. The smallest absolute Gasteiger partial charge is 0.339 e. The van der Waals surface area contributed by atoms with Crippen molar-refractivity contribution < 1.29 is 24.0 Å². The Morgan fingerprint density at radius 3 is 2.27 bits per heavy atom. The number of benzene rings is 2. The van der Waals surface area contributed by atoms with Gasteiger partial charge < -0.3 is 9.47 Å². The van der Waals surface area contributed by atoms with Crippen LogP contribution in [0.25, 0.3) is 0 Å². The molecule has 0 fully saturated rings. The van der Waals surface area contributed by atoms with Gasteiger partial charge in [-0.25, -0.2) is 4.79 Å². The average molecular weight is 355 g/mol. The van der Waals surface area contributed by atoms with Crippen LogP contribution in [0.5, 0.6) is 0 Å². The Bertz CT molecular complexity index is 850. The van der Waals surface area contributed by atoms with E-state index in [1.807, 2.05) is 18.2 Å². The minimum Gasteiger partial charge on any atom is -0.471 e. The molecule has 0 aliphatic heterocycles. The number of methoxy groups -OCH3 is 2. The van der Waals surface area contributed by atoms with Gasteiger partial charge in [0, 0.05) is 11.6 Å². The average Bonchev–Trinajstić information content (AvgIpc) is 2.66. The first-order valence-corrected chi connectivity index (χ1v) is 7.35. The molecule has 0 saturated heterocycles. The van der Waals surface area contributed by atoms with E-state index in [9.17, 15) is 14.9 Å². The van der Waals surface area contributed by atoms with Gasteiger partial charge in [0.05, 0.1) is 24.7 Å². The number of aryl methyl sites for hydroxylation is 1. The molecule has 0 spiro atoms. The summed E-state index contributed by atoms with van der Waals surface area (Å²) in [5, 5.41) is 11.2. The van der Waals surface area contributed by atoms with Crippen molar-refractivity contribution in [1.29, 1.82) is 0 Å². The van der Waals surface area contributed by atoms with E-state index in [1.54, 1.807) is 19.1 Å². The van der Waals surface area contributed by atoms with E-state index in [-0.39, 0.29) is 16.8 Å². The van der Waals surface area contributed by atoms with Gasteiger partial charge in [0.2, 0.25) is 0 Å². The number of nitro benzene ring substituents is 1. The predicted octanol–water partition coefficient (Wildman–Crippen LogP) is 2.88. The summed E-state index contributed by atoms with van der Waals surface area (Å²) >= 11 is 0. The highest BCUT2D eigenvalue weighted by Gasteiger charge is 2.22. The van der Waals surface area contributed by atoms with Crippen molar-refractivity contribution in [2.45, 2.75) is 6.92 Å². The zero-order valence-corrected chi connectivity index (χ0v) is 14.5. The number of nitrogens with zero attached hydrogens (tertiary/aromatic N) is 1. The monoisotopic (exact) mass is 355 g/mol. The topological polar surface area (TPSA) is 95.7 Å². The molecule has 0 unspecified atom stereocenters. The number of rotatable bonds is 3. The molecular formula is C19H17NO6. The van der Waals surface area contributed by atoms with Crippen LogP contribution in [0.4, 0.5) is 5.69 Å². The summed E-state index contributed by atoms with van der Waals surface area (Å²) in [7, 11) is 2.54. The van der Waals surface area contributed by atoms with Crippen LogP contribution < -0.4 is 0 Å². The molecular weight excluding hydrogens is 338 g/mol. The minimum absolute atomic E-state index is 0.0614. The lowest BCUT2D eigenvalue weighted by molar-refractivity contribution is -0.385. The van der Waals surface area contributed by atoms with Crippen LogP contribution in [0.15, 0.2) is 42.5 Å². The highest BCUT2D eigenvalue weighted by molar-refractivity contribution is 5.94. The van der Waals surface area contributed by atoms with E-state index in [0.29, 0.717) is 17.6 Å². The minimum atomic E-state index is -0.649. The standard InChI is InChI=1S/C17H13NO4.C2H4O2/c1-12-10-15(17(19)22-2)14(16(11-12)18(20)21)9-8-13-6-4-3-5-7-13;1-4-2-3/h3-7,10-11H,1-2H3;2H,1H3. The maximum absolute atomic E-state index is 11.9. The van der Waals surface area contributed by atoms with Crippen LogP contribution in [-0.4, -0.2) is 31.6 Å². The van der Waals surface area contributed by atoms with E-state index < -0.39 is 10.9 Å². The highest BCUT2D eigenvalue weighted by Crippen LogP contribution is 2.24.